The van der Waals surface area contributed by atoms with Gasteiger partial charge in [-0.2, -0.15) is 0 Å². The SMILES string of the molecule is NC1(C(=O)Nc2nc(-c3ccc4c(c3)CCO4)cs2)CCCC1. The molecular weight excluding hydrogens is 310 g/mol. The number of hydrogen-bond acceptors (Lipinski definition) is 5. The van der Waals surface area contributed by atoms with Crippen LogP contribution in [0.25, 0.3) is 11.3 Å². The van der Waals surface area contributed by atoms with Crippen LogP contribution < -0.4 is 15.8 Å². The molecule has 5 nitrogen and oxygen atoms in total. The first-order valence-corrected chi connectivity index (χ1v) is 8.84. The third-order valence-corrected chi connectivity index (χ3v) is 5.42. The van der Waals surface area contributed by atoms with Crippen molar-refractivity contribution in [3.05, 3.63) is 29.1 Å². The van der Waals surface area contributed by atoms with Gasteiger partial charge in [-0.3, -0.25) is 4.79 Å². The Hall–Kier alpha value is -1.92. The predicted molar refractivity (Wildman–Crippen MR) is 90.8 cm³/mol. The van der Waals surface area contributed by atoms with Crippen LogP contribution in [0.2, 0.25) is 0 Å². The third kappa shape index (κ3) is 2.72. The summed E-state index contributed by atoms with van der Waals surface area (Å²) in [6.45, 7) is 0.746. The standard InChI is InChI=1S/C17H19N3O2S/c18-17(6-1-2-7-17)15(21)20-16-19-13(10-23-16)11-3-4-14-12(9-11)5-8-22-14/h3-4,9-10H,1-2,5-8,18H2,(H,19,20,21). The number of aromatic nitrogens is 1. The van der Waals surface area contributed by atoms with E-state index in [1.54, 1.807) is 0 Å². The Balaban J connectivity index is 1.52. The van der Waals surface area contributed by atoms with Crippen LogP contribution >= 0.6 is 11.3 Å². The van der Waals surface area contributed by atoms with Gasteiger partial charge in [0.15, 0.2) is 5.13 Å². The van der Waals surface area contributed by atoms with Gasteiger partial charge >= 0.3 is 0 Å². The van der Waals surface area contributed by atoms with Gasteiger partial charge in [0.1, 0.15) is 5.75 Å². The summed E-state index contributed by atoms with van der Waals surface area (Å²) in [5, 5.41) is 5.46. The number of fused-ring (bicyclic) bond motifs is 1. The Labute approximate surface area is 138 Å². The molecule has 6 heteroatoms. The van der Waals surface area contributed by atoms with Gasteiger partial charge in [-0.25, -0.2) is 4.98 Å². The zero-order chi connectivity index (χ0) is 15.9. The molecule has 2 aliphatic rings. The molecule has 4 rings (SSSR count). The molecule has 2 heterocycles. The van der Waals surface area contributed by atoms with E-state index in [1.807, 2.05) is 17.5 Å². The minimum absolute atomic E-state index is 0.113. The number of benzene rings is 1. The van der Waals surface area contributed by atoms with Gasteiger partial charge < -0.3 is 15.8 Å². The van der Waals surface area contributed by atoms with Crippen molar-refractivity contribution in [1.82, 2.24) is 4.98 Å². The van der Waals surface area contributed by atoms with Crippen molar-refractivity contribution in [2.75, 3.05) is 11.9 Å². The molecular formula is C17H19N3O2S. The minimum Gasteiger partial charge on any atom is -0.493 e. The molecule has 1 saturated carbocycles. The summed E-state index contributed by atoms with van der Waals surface area (Å²) in [7, 11) is 0. The van der Waals surface area contributed by atoms with Crippen LogP contribution in [0.15, 0.2) is 23.6 Å². The zero-order valence-electron chi connectivity index (χ0n) is 12.8. The van der Waals surface area contributed by atoms with E-state index in [4.69, 9.17) is 10.5 Å². The molecule has 1 fully saturated rings. The van der Waals surface area contributed by atoms with Crippen LogP contribution in [0.4, 0.5) is 5.13 Å². The maximum atomic E-state index is 12.3. The predicted octanol–water partition coefficient (Wildman–Crippen LogP) is 2.96. The lowest BCUT2D eigenvalue weighted by atomic mass is 9.98. The summed E-state index contributed by atoms with van der Waals surface area (Å²) < 4.78 is 5.53. The quantitative estimate of drug-likeness (QED) is 0.907. The Bertz CT molecular complexity index is 750. The highest BCUT2D eigenvalue weighted by molar-refractivity contribution is 7.14. The molecule has 2 aromatic rings. The molecule has 3 N–H and O–H groups in total. The number of carbonyl (C=O) groups is 1. The van der Waals surface area contributed by atoms with E-state index < -0.39 is 5.54 Å². The van der Waals surface area contributed by atoms with Crippen LogP contribution in [0, 0.1) is 0 Å². The van der Waals surface area contributed by atoms with Gasteiger partial charge in [0.05, 0.1) is 17.8 Å². The first-order valence-electron chi connectivity index (χ1n) is 7.96. The number of nitrogens with two attached hydrogens (primary N) is 1. The molecule has 0 atom stereocenters. The number of ether oxygens (including phenoxy) is 1. The van der Waals surface area contributed by atoms with E-state index >= 15 is 0 Å². The van der Waals surface area contributed by atoms with Crippen molar-refractivity contribution < 1.29 is 9.53 Å². The Morgan fingerprint density at radius 3 is 3.00 bits per heavy atom. The summed E-state index contributed by atoms with van der Waals surface area (Å²) >= 11 is 1.43. The van der Waals surface area contributed by atoms with Gasteiger partial charge in [-0.05, 0) is 36.6 Å². The number of carbonyl (C=O) groups excluding carboxylic acids is 1. The van der Waals surface area contributed by atoms with Crippen LogP contribution in [-0.2, 0) is 11.2 Å². The number of amides is 1. The number of anilines is 1. The first kappa shape index (κ1) is 14.7. The van der Waals surface area contributed by atoms with Crippen molar-refractivity contribution in [2.24, 2.45) is 5.73 Å². The fraction of sp³-hybridized carbons (Fsp3) is 0.412. The lowest BCUT2D eigenvalue weighted by molar-refractivity contribution is -0.121. The van der Waals surface area contributed by atoms with Gasteiger partial charge in [0, 0.05) is 17.4 Å². The van der Waals surface area contributed by atoms with Gasteiger partial charge in [-0.1, -0.05) is 12.8 Å². The van der Waals surface area contributed by atoms with Gasteiger partial charge in [0.2, 0.25) is 5.91 Å². The van der Waals surface area contributed by atoms with Crippen molar-refractivity contribution in [3.63, 3.8) is 0 Å². The zero-order valence-corrected chi connectivity index (χ0v) is 13.6. The van der Waals surface area contributed by atoms with E-state index in [1.165, 1.54) is 16.9 Å². The van der Waals surface area contributed by atoms with E-state index in [-0.39, 0.29) is 5.91 Å². The summed E-state index contributed by atoms with van der Waals surface area (Å²) in [5.74, 6) is 0.849. The maximum Gasteiger partial charge on any atom is 0.246 e. The van der Waals surface area contributed by atoms with Crippen molar-refractivity contribution in [2.45, 2.75) is 37.6 Å². The molecule has 1 aromatic heterocycles. The fourth-order valence-electron chi connectivity index (χ4n) is 3.26. The van der Waals surface area contributed by atoms with E-state index in [9.17, 15) is 4.79 Å². The minimum atomic E-state index is -0.725. The second-order valence-electron chi connectivity index (χ2n) is 6.28. The number of nitrogens with zero attached hydrogens (tertiary/aromatic N) is 1. The lowest BCUT2D eigenvalue weighted by Crippen LogP contribution is -2.48. The van der Waals surface area contributed by atoms with Crippen molar-refractivity contribution in [1.29, 1.82) is 0 Å². The molecule has 23 heavy (non-hydrogen) atoms. The lowest BCUT2D eigenvalue weighted by Gasteiger charge is -2.21. The van der Waals surface area contributed by atoms with Crippen LogP contribution in [0.1, 0.15) is 31.2 Å². The molecule has 0 bridgehead atoms. The third-order valence-electron chi connectivity index (χ3n) is 4.66. The Morgan fingerprint density at radius 2 is 2.17 bits per heavy atom. The monoisotopic (exact) mass is 329 g/mol. The van der Waals surface area contributed by atoms with E-state index in [0.717, 1.165) is 55.7 Å². The number of thiazole rings is 1. The van der Waals surface area contributed by atoms with Crippen LogP contribution in [0.3, 0.4) is 0 Å². The molecule has 120 valence electrons. The van der Waals surface area contributed by atoms with Crippen LogP contribution in [0.5, 0.6) is 5.75 Å². The molecule has 0 radical (unpaired) electrons. The normalized spacial score (nSPS) is 18.5. The summed E-state index contributed by atoms with van der Waals surface area (Å²) in [6.07, 6.45) is 4.48. The van der Waals surface area contributed by atoms with Gasteiger partial charge in [0.25, 0.3) is 0 Å². The molecule has 1 aromatic carbocycles. The van der Waals surface area contributed by atoms with Crippen molar-refractivity contribution in [3.8, 4) is 17.0 Å². The van der Waals surface area contributed by atoms with Crippen LogP contribution in [-0.4, -0.2) is 23.0 Å². The Morgan fingerprint density at radius 1 is 1.35 bits per heavy atom. The smallest absolute Gasteiger partial charge is 0.246 e. The van der Waals surface area contributed by atoms with Gasteiger partial charge in [-0.15, -0.1) is 11.3 Å². The molecule has 1 amide bonds. The summed E-state index contributed by atoms with van der Waals surface area (Å²) in [5.41, 5.74) is 8.59. The largest absolute Gasteiger partial charge is 0.493 e. The Kier molecular flexibility index (Phi) is 3.58. The number of rotatable bonds is 3. The van der Waals surface area contributed by atoms with E-state index in [2.05, 4.69) is 16.4 Å². The molecule has 1 aliphatic carbocycles. The topological polar surface area (TPSA) is 77.2 Å². The highest BCUT2D eigenvalue weighted by atomic mass is 32.1. The highest BCUT2D eigenvalue weighted by Gasteiger charge is 2.37. The molecule has 0 spiro atoms. The summed E-state index contributed by atoms with van der Waals surface area (Å²) in [4.78, 5) is 16.9. The molecule has 0 unspecified atom stereocenters. The average molecular weight is 329 g/mol. The second kappa shape index (κ2) is 5.62. The number of hydrogen-bond donors (Lipinski definition) is 2. The highest BCUT2D eigenvalue weighted by Crippen LogP contribution is 2.33. The first-order chi connectivity index (χ1) is 11.1. The van der Waals surface area contributed by atoms with E-state index in [0.29, 0.717) is 5.13 Å². The molecule has 0 saturated heterocycles. The maximum absolute atomic E-state index is 12.3. The second-order valence-corrected chi connectivity index (χ2v) is 7.13. The fourth-order valence-corrected chi connectivity index (χ4v) is 3.98. The molecule has 1 aliphatic heterocycles. The average Bonchev–Trinajstić information content (AvgIpc) is 3.26. The van der Waals surface area contributed by atoms with Crippen molar-refractivity contribution >= 4 is 22.4 Å². The summed E-state index contributed by atoms with van der Waals surface area (Å²) in [6, 6.07) is 6.11. The number of nitrogens with one attached hydrogen (secondary N) is 1.